The van der Waals surface area contributed by atoms with Crippen LogP contribution in [0.25, 0.3) is 16.9 Å². The average Bonchev–Trinajstić information content (AvgIpc) is 3.32. The standard InChI is InChI=1S/C20H23N5/c1-2-4-17(5-3-1)24-19-20-22-8-9-25(20)18(13-23-19)14-6-7-15-11-21-12-16(15)10-14/h6-10,13,17,21H,1-5,11-12H2,(H,23,24). The van der Waals surface area contributed by atoms with Crippen LogP contribution in [0.3, 0.4) is 0 Å². The Labute approximate surface area is 147 Å². The second-order valence-corrected chi connectivity index (χ2v) is 7.18. The number of rotatable bonds is 3. The molecule has 3 aromatic rings. The van der Waals surface area contributed by atoms with Gasteiger partial charge in [-0.15, -0.1) is 0 Å². The molecule has 2 aliphatic rings. The van der Waals surface area contributed by atoms with Crippen molar-refractivity contribution in [2.75, 3.05) is 5.32 Å². The molecule has 1 aliphatic heterocycles. The van der Waals surface area contributed by atoms with E-state index in [1.165, 1.54) is 48.8 Å². The quantitative estimate of drug-likeness (QED) is 0.766. The van der Waals surface area contributed by atoms with Gasteiger partial charge < -0.3 is 10.6 Å². The van der Waals surface area contributed by atoms with E-state index >= 15 is 0 Å². The predicted octanol–water partition coefficient (Wildman–Crippen LogP) is 3.74. The molecule has 0 radical (unpaired) electrons. The van der Waals surface area contributed by atoms with E-state index < -0.39 is 0 Å². The highest BCUT2D eigenvalue weighted by atomic mass is 15.1. The number of nitrogens with one attached hydrogen (secondary N) is 2. The lowest BCUT2D eigenvalue weighted by Crippen LogP contribution is -2.23. The van der Waals surface area contributed by atoms with Crippen LogP contribution in [0.15, 0.2) is 36.8 Å². The number of nitrogens with zero attached hydrogens (tertiary/aromatic N) is 3. The summed E-state index contributed by atoms with van der Waals surface area (Å²) in [6.07, 6.45) is 12.3. The fourth-order valence-corrected chi connectivity index (χ4v) is 4.13. The summed E-state index contributed by atoms with van der Waals surface area (Å²) in [7, 11) is 0. The van der Waals surface area contributed by atoms with Crippen LogP contribution in [0.5, 0.6) is 0 Å². The fourth-order valence-electron chi connectivity index (χ4n) is 4.13. The third-order valence-electron chi connectivity index (χ3n) is 5.51. The number of hydrogen-bond acceptors (Lipinski definition) is 4. The molecule has 0 saturated heterocycles. The van der Waals surface area contributed by atoms with Gasteiger partial charge in [-0.1, -0.05) is 31.4 Å². The van der Waals surface area contributed by atoms with Crippen LogP contribution in [0.4, 0.5) is 5.82 Å². The van der Waals surface area contributed by atoms with Crippen molar-refractivity contribution in [1.29, 1.82) is 0 Å². The highest BCUT2D eigenvalue weighted by Gasteiger charge is 2.17. The topological polar surface area (TPSA) is 54.2 Å². The summed E-state index contributed by atoms with van der Waals surface area (Å²) in [5.41, 5.74) is 5.99. The monoisotopic (exact) mass is 333 g/mol. The van der Waals surface area contributed by atoms with E-state index in [1.54, 1.807) is 0 Å². The lowest BCUT2D eigenvalue weighted by Gasteiger charge is -2.23. The second kappa shape index (κ2) is 6.15. The van der Waals surface area contributed by atoms with E-state index in [4.69, 9.17) is 4.98 Å². The predicted molar refractivity (Wildman–Crippen MR) is 99.5 cm³/mol. The van der Waals surface area contributed by atoms with E-state index in [9.17, 15) is 0 Å². The van der Waals surface area contributed by atoms with Gasteiger partial charge in [-0.25, -0.2) is 9.97 Å². The Hall–Kier alpha value is -2.40. The van der Waals surface area contributed by atoms with Crippen LogP contribution in [0, 0.1) is 0 Å². The molecule has 25 heavy (non-hydrogen) atoms. The molecule has 0 bridgehead atoms. The van der Waals surface area contributed by atoms with Crippen molar-refractivity contribution < 1.29 is 0 Å². The molecule has 0 amide bonds. The van der Waals surface area contributed by atoms with E-state index in [0.717, 1.165) is 30.2 Å². The van der Waals surface area contributed by atoms with Gasteiger partial charge in [0, 0.05) is 37.1 Å². The summed E-state index contributed by atoms with van der Waals surface area (Å²) < 4.78 is 2.16. The van der Waals surface area contributed by atoms with Crippen molar-refractivity contribution >= 4 is 11.5 Å². The summed E-state index contributed by atoms with van der Waals surface area (Å²) in [5, 5.41) is 7.03. The highest BCUT2D eigenvalue weighted by molar-refractivity contribution is 5.71. The number of imidazole rings is 1. The van der Waals surface area contributed by atoms with Gasteiger partial charge in [0.2, 0.25) is 0 Å². The van der Waals surface area contributed by atoms with E-state index in [2.05, 4.69) is 38.2 Å². The van der Waals surface area contributed by atoms with Gasteiger partial charge in [0.25, 0.3) is 0 Å². The molecular weight excluding hydrogens is 310 g/mol. The minimum atomic E-state index is 0.527. The van der Waals surface area contributed by atoms with Crippen molar-refractivity contribution in [3.05, 3.63) is 47.9 Å². The van der Waals surface area contributed by atoms with Crippen LogP contribution >= 0.6 is 0 Å². The SMILES string of the molecule is c1cn2c(-c3ccc4c(c3)CNC4)cnc(NC3CCCCC3)c2n1. The van der Waals surface area contributed by atoms with Gasteiger partial charge in [-0.2, -0.15) is 0 Å². The molecule has 0 atom stereocenters. The minimum absolute atomic E-state index is 0.527. The molecule has 5 rings (SSSR count). The lowest BCUT2D eigenvalue weighted by molar-refractivity contribution is 0.462. The summed E-state index contributed by atoms with van der Waals surface area (Å²) in [5.74, 6) is 0.906. The number of benzene rings is 1. The van der Waals surface area contributed by atoms with Crippen molar-refractivity contribution in [3.63, 3.8) is 0 Å². The van der Waals surface area contributed by atoms with Gasteiger partial charge in [0.15, 0.2) is 11.5 Å². The molecule has 0 unspecified atom stereocenters. The van der Waals surface area contributed by atoms with Crippen LogP contribution < -0.4 is 10.6 Å². The first-order valence-electron chi connectivity index (χ1n) is 9.30. The first kappa shape index (κ1) is 14.9. The summed E-state index contributed by atoms with van der Waals surface area (Å²) in [6.45, 7) is 1.92. The number of hydrogen-bond donors (Lipinski definition) is 2. The van der Waals surface area contributed by atoms with Crippen molar-refractivity contribution in [1.82, 2.24) is 19.7 Å². The zero-order valence-corrected chi connectivity index (χ0v) is 14.3. The van der Waals surface area contributed by atoms with Gasteiger partial charge in [0.1, 0.15) is 0 Å². The molecule has 1 aromatic carbocycles. The van der Waals surface area contributed by atoms with E-state index in [1.807, 2.05) is 18.6 Å². The number of aromatic nitrogens is 3. The van der Waals surface area contributed by atoms with Crippen LogP contribution in [0.2, 0.25) is 0 Å². The summed E-state index contributed by atoms with van der Waals surface area (Å²) >= 11 is 0. The first-order chi connectivity index (χ1) is 12.4. The average molecular weight is 333 g/mol. The Morgan fingerprint density at radius 3 is 2.84 bits per heavy atom. The number of anilines is 1. The molecule has 1 fully saturated rings. The molecule has 128 valence electrons. The molecule has 0 spiro atoms. The van der Waals surface area contributed by atoms with E-state index in [0.29, 0.717) is 6.04 Å². The Morgan fingerprint density at radius 2 is 1.92 bits per heavy atom. The first-order valence-corrected chi connectivity index (χ1v) is 9.30. The van der Waals surface area contributed by atoms with Gasteiger partial charge in [0.05, 0.1) is 11.9 Å². The second-order valence-electron chi connectivity index (χ2n) is 7.18. The molecule has 2 N–H and O–H groups in total. The zero-order chi connectivity index (χ0) is 16.6. The maximum Gasteiger partial charge on any atom is 0.180 e. The maximum absolute atomic E-state index is 4.73. The smallest absolute Gasteiger partial charge is 0.180 e. The summed E-state index contributed by atoms with van der Waals surface area (Å²) in [4.78, 5) is 9.30. The molecule has 1 aliphatic carbocycles. The molecule has 5 nitrogen and oxygen atoms in total. The Bertz CT molecular complexity index is 908. The fraction of sp³-hybridized carbons (Fsp3) is 0.400. The molecular formula is C20H23N5. The summed E-state index contributed by atoms with van der Waals surface area (Å²) in [6, 6.07) is 7.22. The van der Waals surface area contributed by atoms with Crippen LogP contribution in [-0.4, -0.2) is 20.4 Å². The molecule has 3 heterocycles. The Morgan fingerprint density at radius 1 is 1.04 bits per heavy atom. The van der Waals surface area contributed by atoms with Crippen LogP contribution in [-0.2, 0) is 13.1 Å². The van der Waals surface area contributed by atoms with Crippen molar-refractivity contribution in [2.45, 2.75) is 51.2 Å². The number of fused-ring (bicyclic) bond motifs is 2. The Balaban J connectivity index is 1.52. The largest absolute Gasteiger partial charge is 0.364 e. The molecule has 2 aromatic heterocycles. The van der Waals surface area contributed by atoms with Crippen molar-refractivity contribution in [3.8, 4) is 11.3 Å². The Kier molecular flexibility index (Phi) is 3.67. The molecule has 5 heteroatoms. The minimum Gasteiger partial charge on any atom is -0.364 e. The van der Waals surface area contributed by atoms with Crippen LogP contribution in [0.1, 0.15) is 43.2 Å². The van der Waals surface area contributed by atoms with Gasteiger partial charge in [-0.3, -0.25) is 4.40 Å². The molecule has 1 saturated carbocycles. The lowest BCUT2D eigenvalue weighted by atomic mass is 9.95. The van der Waals surface area contributed by atoms with Crippen molar-refractivity contribution in [2.24, 2.45) is 0 Å². The normalized spacial score (nSPS) is 17.8. The maximum atomic E-state index is 4.73. The zero-order valence-electron chi connectivity index (χ0n) is 14.3. The highest BCUT2D eigenvalue weighted by Crippen LogP contribution is 2.28. The van der Waals surface area contributed by atoms with Gasteiger partial charge >= 0.3 is 0 Å². The van der Waals surface area contributed by atoms with Gasteiger partial charge in [-0.05, 0) is 30.0 Å². The third kappa shape index (κ3) is 2.68. The van der Waals surface area contributed by atoms with E-state index in [-0.39, 0.29) is 0 Å². The third-order valence-corrected chi connectivity index (χ3v) is 5.51.